The van der Waals surface area contributed by atoms with E-state index in [1.54, 1.807) is 12.1 Å². The number of pyridine rings is 1. The summed E-state index contributed by atoms with van der Waals surface area (Å²) in [5, 5.41) is 1.67. The molecule has 0 bridgehead atoms. The lowest BCUT2D eigenvalue weighted by Crippen LogP contribution is -1.90. The van der Waals surface area contributed by atoms with Gasteiger partial charge in [-0.1, -0.05) is 11.6 Å². The van der Waals surface area contributed by atoms with Crippen molar-refractivity contribution in [3.63, 3.8) is 0 Å². The smallest absolute Gasteiger partial charge is 0.124 e. The number of nitrogens with two attached hydrogens (primary N) is 1. The molecule has 0 aliphatic heterocycles. The first-order chi connectivity index (χ1) is 6.16. The second-order valence-corrected chi connectivity index (χ2v) is 3.99. The average Bonchev–Trinajstić information content (AvgIpc) is 2.06. The molecule has 1 aromatic heterocycles. The quantitative estimate of drug-likeness (QED) is 0.787. The molecule has 0 fully saturated rings. The minimum Gasteiger partial charge on any atom is -0.384 e. The molecule has 1 heterocycles. The van der Waals surface area contributed by atoms with Crippen LogP contribution in [0.4, 0.5) is 5.82 Å². The van der Waals surface area contributed by atoms with Crippen molar-refractivity contribution in [3.8, 4) is 0 Å². The van der Waals surface area contributed by atoms with Crippen LogP contribution in [0.25, 0.3) is 10.9 Å². The van der Waals surface area contributed by atoms with Gasteiger partial charge in [-0.05, 0) is 40.2 Å². The molecule has 0 spiro atoms. The molecule has 0 amide bonds. The number of fused-ring (bicyclic) bond motifs is 1. The fraction of sp³-hybridized carbons (Fsp3) is 0. The summed E-state index contributed by atoms with van der Waals surface area (Å²) in [6.07, 6.45) is 0. The van der Waals surface area contributed by atoms with Gasteiger partial charge in [0.2, 0.25) is 0 Å². The summed E-state index contributed by atoms with van der Waals surface area (Å²) in [5.74, 6) is 0.510. The molecule has 66 valence electrons. The lowest BCUT2D eigenvalue weighted by molar-refractivity contribution is 1.40. The third kappa shape index (κ3) is 1.62. The van der Waals surface area contributed by atoms with Crippen LogP contribution < -0.4 is 5.73 Å². The topological polar surface area (TPSA) is 38.9 Å². The standard InChI is InChI=1S/C9H6BrClN2/c10-7-4-6(11)3-5-1-2-8(12)13-9(5)7/h1-4H,(H2,12,13). The Bertz CT molecular complexity index is 470. The Morgan fingerprint density at radius 3 is 2.85 bits per heavy atom. The van der Waals surface area contributed by atoms with Crippen LogP contribution in [0.15, 0.2) is 28.7 Å². The molecule has 0 unspecified atom stereocenters. The van der Waals surface area contributed by atoms with E-state index in [4.69, 9.17) is 17.3 Å². The van der Waals surface area contributed by atoms with E-state index in [0.29, 0.717) is 10.8 Å². The number of hydrogen-bond acceptors (Lipinski definition) is 2. The number of nitrogens with zero attached hydrogens (tertiary/aromatic N) is 1. The minimum atomic E-state index is 0.510. The summed E-state index contributed by atoms with van der Waals surface area (Å²) in [5.41, 5.74) is 6.40. The molecule has 0 aliphatic carbocycles. The number of benzene rings is 1. The molecule has 4 heteroatoms. The van der Waals surface area contributed by atoms with Gasteiger partial charge in [0, 0.05) is 14.9 Å². The number of aromatic nitrogens is 1. The summed E-state index contributed by atoms with van der Waals surface area (Å²) < 4.78 is 0.863. The Morgan fingerprint density at radius 2 is 2.08 bits per heavy atom. The molecular formula is C9H6BrClN2. The summed E-state index contributed by atoms with van der Waals surface area (Å²) >= 11 is 9.25. The highest BCUT2D eigenvalue weighted by atomic mass is 79.9. The molecule has 2 rings (SSSR count). The molecule has 0 aliphatic rings. The van der Waals surface area contributed by atoms with E-state index in [1.165, 1.54) is 0 Å². The Labute approximate surface area is 88.8 Å². The van der Waals surface area contributed by atoms with E-state index in [9.17, 15) is 0 Å². The van der Waals surface area contributed by atoms with Crippen molar-refractivity contribution < 1.29 is 0 Å². The second-order valence-electron chi connectivity index (χ2n) is 2.70. The van der Waals surface area contributed by atoms with Gasteiger partial charge in [0.1, 0.15) is 5.82 Å². The molecule has 2 nitrogen and oxygen atoms in total. The molecule has 0 saturated heterocycles. The van der Waals surface area contributed by atoms with Crippen molar-refractivity contribution in [3.05, 3.63) is 33.8 Å². The van der Waals surface area contributed by atoms with Crippen LogP contribution in [0, 0.1) is 0 Å². The maximum Gasteiger partial charge on any atom is 0.124 e. The van der Waals surface area contributed by atoms with Crippen LogP contribution in [0.5, 0.6) is 0 Å². The van der Waals surface area contributed by atoms with E-state index in [2.05, 4.69) is 20.9 Å². The Morgan fingerprint density at radius 1 is 1.31 bits per heavy atom. The van der Waals surface area contributed by atoms with Crippen LogP contribution >= 0.6 is 27.5 Å². The van der Waals surface area contributed by atoms with Gasteiger partial charge < -0.3 is 5.73 Å². The third-order valence-corrected chi connectivity index (χ3v) is 2.55. The number of rotatable bonds is 0. The van der Waals surface area contributed by atoms with Crippen molar-refractivity contribution in [1.82, 2.24) is 4.98 Å². The van der Waals surface area contributed by atoms with E-state index >= 15 is 0 Å². The van der Waals surface area contributed by atoms with Gasteiger partial charge in [-0.2, -0.15) is 0 Å². The van der Waals surface area contributed by atoms with Gasteiger partial charge in [-0.15, -0.1) is 0 Å². The summed E-state index contributed by atoms with van der Waals surface area (Å²) in [7, 11) is 0. The predicted octanol–water partition coefficient (Wildman–Crippen LogP) is 3.23. The highest BCUT2D eigenvalue weighted by Crippen LogP contribution is 2.27. The van der Waals surface area contributed by atoms with Crippen molar-refractivity contribution in [2.75, 3.05) is 5.73 Å². The number of hydrogen-bond donors (Lipinski definition) is 1. The van der Waals surface area contributed by atoms with Gasteiger partial charge in [-0.25, -0.2) is 4.98 Å². The lowest BCUT2D eigenvalue weighted by atomic mass is 10.2. The van der Waals surface area contributed by atoms with Crippen LogP contribution in [-0.4, -0.2) is 4.98 Å². The molecule has 13 heavy (non-hydrogen) atoms. The van der Waals surface area contributed by atoms with Gasteiger partial charge in [0.25, 0.3) is 0 Å². The van der Waals surface area contributed by atoms with Gasteiger partial charge in [-0.3, -0.25) is 0 Å². The van der Waals surface area contributed by atoms with Crippen molar-refractivity contribution >= 4 is 44.3 Å². The predicted molar refractivity (Wildman–Crippen MR) is 58.9 cm³/mol. The minimum absolute atomic E-state index is 0.510. The van der Waals surface area contributed by atoms with Crippen LogP contribution in [0.2, 0.25) is 5.02 Å². The summed E-state index contributed by atoms with van der Waals surface area (Å²) in [6.45, 7) is 0. The summed E-state index contributed by atoms with van der Waals surface area (Å²) in [4.78, 5) is 4.19. The van der Waals surface area contributed by atoms with E-state index < -0.39 is 0 Å². The molecule has 2 N–H and O–H groups in total. The maximum atomic E-state index is 5.87. The highest BCUT2D eigenvalue weighted by molar-refractivity contribution is 9.10. The average molecular weight is 258 g/mol. The van der Waals surface area contributed by atoms with Gasteiger partial charge >= 0.3 is 0 Å². The van der Waals surface area contributed by atoms with E-state index in [1.807, 2.05) is 12.1 Å². The van der Waals surface area contributed by atoms with Gasteiger partial charge in [0.05, 0.1) is 5.52 Å². The molecule has 0 radical (unpaired) electrons. The Hall–Kier alpha value is -0.800. The first kappa shape index (κ1) is 8.78. The molecule has 0 atom stereocenters. The van der Waals surface area contributed by atoms with Crippen LogP contribution in [0.3, 0.4) is 0 Å². The van der Waals surface area contributed by atoms with Crippen LogP contribution in [-0.2, 0) is 0 Å². The zero-order chi connectivity index (χ0) is 9.42. The third-order valence-electron chi connectivity index (χ3n) is 1.73. The molecule has 2 aromatic rings. The fourth-order valence-corrected chi connectivity index (χ4v) is 2.10. The molecule has 1 aromatic carbocycles. The SMILES string of the molecule is Nc1ccc2cc(Cl)cc(Br)c2n1. The fourth-order valence-electron chi connectivity index (χ4n) is 1.17. The number of halogens is 2. The van der Waals surface area contributed by atoms with Gasteiger partial charge in [0.15, 0.2) is 0 Å². The second kappa shape index (κ2) is 3.16. The summed E-state index contributed by atoms with van der Waals surface area (Å²) in [6, 6.07) is 7.31. The van der Waals surface area contributed by atoms with E-state index in [-0.39, 0.29) is 0 Å². The Kier molecular flexibility index (Phi) is 2.14. The zero-order valence-corrected chi connectivity index (χ0v) is 8.93. The highest BCUT2D eigenvalue weighted by Gasteiger charge is 2.02. The van der Waals surface area contributed by atoms with Crippen LogP contribution in [0.1, 0.15) is 0 Å². The van der Waals surface area contributed by atoms with Crippen molar-refractivity contribution in [2.45, 2.75) is 0 Å². The van der Waals surface area contributed by atoms with Crippen molar-refractivity contribution in [2.24, 2.45) is 0 Å². The first-order valence-corrected chi connectivity index (χ1v) is 4.85. The first-order valence-electron chi connectivity index (χ1n) is 3.68. The number of nitrogen functional groups attached to an aromatic ring is 1. The normalized spacial score (nSPS) is 10.6. The number of anilines is 1. The maximum absolute atomic E-state index is 5.87. The largest absolute Gasteiger partial charge is 0.384 e. The Balaban J connectivity index is 2.87. The molecule has 0 saturated carbocycles. The monoisotopic (exact) mass is 256 g/mol. The lowest BCUT2D eigenvalue weighted by Gasteiger charge is -2.01. The zero-order valence-electron chi connectivity index (χ0n) is 6.59. The van der Waals surface area contributed by atoms with Crippen molar-refractivity contribution in [1.29, 1.82) is 0 Å². The molecular weight excluding hydrogens is 251 g/mol. The van der Waals surface area contributed by atoms with E-state index in [0.717, 1.165) is 15.4 Å².